The molecule has 1 heterocycles. The first-order chi connectivity index (χ1) is 11.8. The monoisotopic (exact) mass is 375 g/mol. The van der Waals surface area contributed by atoms with Crippen molar-refractivity contribution in [1.29, 1.82) is 0 Å². The van der Waals surface area contributed by atoms with Gasteiger partial charge < -0.3 is 4.74 Å². The van der Waals surface area contributed by atoms with E-state index in [9.17, 15) is 13.2 Å². The summed E-state index contributed by atoms with van der Waals surface area (Å²) in [6.45, 7) is 3.50. The molecule has 0 amide bonds. The summed E-state index contributed by atoms with van der Waals surface area (Å²) in [5.41, 5.74) is 1.77. The number of hydrogen-bond acceptors (Lipinski definition) is 6. The molecule has 3 aromatic rings. The van der Waals surface area contributed by atoms with Crippen molar-refractivity contribution in [3.8, 4) is 0 Å². The first-order valence-corrected chi connectivity index (χ1v) is 10.3. The van der Waals surface area contributed by atoms with Gasteiger partial charge >= 0.3 is 5.97 Å². The summed E-state index contributed by atoms with van der Waals surface area (Å²) in [5, 5.41) is 0.700. The Labute approximate surface area is 150 Å². The molecule has 1 unspecified atom stereocenters. The van der Waals surface area contributed by atoms with Gasteiger partial charge in [-0.1, -0.05) is 18.2 Å². The maximum absolute atomic E-state index is 12.5. The number of carbonyl (C=O) groups is 1. The van der Waals surface area contributed by atoms with Crippen molar-refractivity contribution < 1.29 is 17.9 Å². The largest absolute Gasteiger partial charge is 0.452 e. The van der Waals surface area contributed by atoms with Gasteiger partial charge in [-0.05, 0) is 43.7 Å². The van der Waals surface area contributed by atoms with Crippen LogP contribution in [-0.4, -0.2) is 25.6 Å². The maximum atomic E-state index is 12.5. The van der Waals surface area contributed by atoms with Crippen LogP contribution in [0.3, 0.4) is 0 Å². The molecule has 1 atom stereocenters. The molecular weight excluding hydrogens is 358 g/mol. The van der Waals surface area contributed by atoms with E-state index in [1.54, 1.807) is 19.9 Å². The zero-order valence-electron chi connectivity index (χ0n) is 14.0. The molecule has 1 aromatic heterocycles. The highest BCUT2D eigenvalue weighted by atomic mass is 32.2. The van der Waals surface area contributed by atoms with Gasteiger partial charge in [0.25, 0.3) is 0 Å². The number of hydrogen-bond donors (Lipinski definition) is 0. The van der Waals surface area contributed by atoms with Crippen molar-refractivity contribution in [3.05, 3.63) is 58.6 Å². The highest BCUT2D eigenvalue weighted by Crippen LogP contribution is 2.29. The average molecular weight is 375 g/mol. The van der Waals surface area contributed by atoms with Gasteiger partial charge in [-0.25, -0.2) is 18.2 Å². The predicted octanol–water partition coefficient (Wildman–Crippen LogP) is 3.93. The Bertz CT molecular complexity index is 1020. The third kappa shape index (κ3) is 3.72. The number of nitrogens with zero attached hydrogens (tertiary/aromatic N) is 1. The van der Waals surface area contributed by atoms with E-state index in [1.165, 1.54) is 23.5 Å². The van der Waals surface area contributed by atoms with Gasteiger partial charge in [0.2, 0.25) is 0 Å². The third-order valence-electron chi connectivity index (χ3n) is 3.80. The molecule has 7 heteroatoms. The number of ether oxygens (including phenoxy) is 1. The minimum atomic E-state index is -3.39. The molecule has 0 aliphatic heterocycles. The molecule has 0 N–H and O–H groups in total. The fraction of sp³-hybridized carbons (Fsp3) is 0.222. The molecule has 0 spiro atoms. The second-order valence-corrected chi connectivity index (χ2v) is 8.89. The van der Waals surface area contributed by atoms with Crippen LogP contribution in [-0.2, 0) is 14.6 Å². The fourth-order valence-electron chi connectivity index (χ4n) is 2.39. The number of aromatic nitrogens is 1. The highest BCUT2D eigenvalue weighted by Gasteiger charge is 2.20. The van der Waals surface area contributed by atoms with Crippen molar-refractivity contribution in [2.75, 3.05) is 6.26 Å². The van der Waals surface area contributed by atoms with E-state index in [4.69, 9.17) is 4.74 Å². The number of sulfone groups is 1. The summed E-state index contributed by atoms with van der Waals surface area (Å²) in [5.74, 6) is -0.560. The number of aryl methyl sites for hydroxylation is 1. The second kappa shape index (κ2) is 6.57. The molecule has 3 rings (SSSR count). The second-order valence-electron chi connectivity index (χ2n) is 5.82. The van der Waals surface area contributed by atoms with Gasteiger partial charge in [-0.15, -0.1) is 11.3 Å². The van der Waals surface area contributed by atoms with Crippen molar-refractivity contribution in [1.82, 2.24) is 4.98 Å². The summed E-state index contributed by atoms with van der Waals surface area (Å²) in [6.07, 6.45) is 0.586. The van der Waals surface area contributed by atoms with E-state index in [0.29, 0.717) is 10.6 Å². The van der Waals surface area contributed by atoms with Crippen LogP contribution < -0.4 is 0 Å². The Kier molecular flexibility index (Phi) is 4.62. The zero-order valence-corrected chi connectivity index (χ0v) is 15.6. The van der Waals surface area contributed by atoms with E-state index >= 15 is 0 Å². The SMILES string of the molecule is Cc1ccc(S(C)(=O)=O)cc1C(=O)OC(C)c1nc2ccccc2s1. The molecule has 5 nitrogen and oxygen atoms in total. The van der Waals surface area contributed by atoms with Gasteiger partial charge in [0.05, 0.1) is 20.7 Å². The fourth-order valence-corrected chi connectivity index (χ4v) is 3.99. The Morgan fingerprint density at radius 1 is 1.20 bits per heavy atom. The van der Waals surface area contributed by atoms with Crippen LogP contribution in [0.25, 0.3) is 10.2 Å². The molecule has 2 aromatic carbocycles. The van der Waals surface area contributed by atoms with E-state index in [0.717, 1.165) is 16.5 Å². The van der Waals surface area contributed by atoms with Gasteiger partial charge in [-0.2, -0.15) is 0 Å². The number of para-hydroxylation sites is 1. The zero-order chi connectivity index (χ0) is 18.2. The van der Waals surface area contributed by atoms with Crippen LogP contribution in [0.4, 0.5) is 0 Å². The van der Waals surface area contributed by atoms with Crippen LogP contribution in [0, 0.1) is 6.92 Å². The van der Waals surface area contributed by atoms with Gasteiger partial charge in [0.1, 0.15) is 5.01 Å². The minimum Gasteiger partial charge on any atom is -0.452 e. The Hall–Kier alpha value is -2.25. The van der Waals surface area contributed by atoms with Gasteiger partial charge in [-0.3, -0.25) is 0 Å². The summed E-state index contributed by atoms with van der Waals surface area (Å²) < 4.78 is 29.9. The molecule has 0 saturated heterocycles. The Morgan fingerprint density at radius 2 is 1.92 bits per heavy atom. The summed E-state index contributed by atoms with van der Waals surface area (Å²) in [6, 6.07) is 12.2. The first kappa shape index (κ1) is 17.6. The minimum absolute atomic E-state index is 0.0951. The Balaban J connectivity index is 1.86. The maximum Gasteiger partial charge on any atom is 0.339 e. The van der Waals surface area contributed by atoms with Crippen LogP contribution >= 0.6 is 11.3 Å². The number of carbonyl (C=O) groups excluding carboxylic acids is 1. The average Bonchev–Trinajstić information content (AvgIpc) is 2.98. The molecule has 0 bridgehead atoms. The smallest absolute Gasteiger partial charge is 0.339 e. The topological polar surface area (TPSA) is 73.3 Å². The van der Waals surface area contributed by atoms with E-state index in [-0.39, 0.29) is 10.5 Å². The Morgan fingerprint density at radius 3 is 2.60 bits per heavy atom. The number of rotatable bonds is 4. The lowest BCUT2D eigenvalue weighted by atomic mass is 10.1. The normalized spacial score (nSPS) is 12.9. The highest BCUT2D eigenvalue weighted by molar-refractivity contribution is 7.90. The first-order valence-electron chi connectivity index (χ1n) is 7.63. The van der Waals surface area contributed by atoms with Crippen molar-refractivity contribution >= 4 is 37.4 Å². The summed E-state index contributed by atoms with van der Waals surface area (Å²) >= 11 is 1.47. The van der Waals surface area contributed by atoms with Crippen molar-refractivity contribution in [2.24, 2.45) is 0 Å². The van der Waals surface area contributed by atoms with Crippen molar-refractivity contribution in [2.45, 2.75) is 24.8 Å². The lowest BCUT2D eigenvalue weighted by Gasteiger charge is -2.12. The molecule has 0 aliphatic rings. The summed E-state index contributed by atoms with van der Waals surface area (Å²) in [4.78, 5) is 17.1. The molecular formula is C18H17NO4S2. The van der Waals surface area contributed by atoms with Crippen LogP contribution in [0.15, 0.2) is 47.4 Å². The number of thiazole rings is 1. The lowest BCUT2D eigenvalue weighted by Crippen LogP contribution is -2.11. The summed E-state index contributed by atoms with van der Waals surface area (Å²) in [7, 11) is -3.39. The number of fused-ring (bicyclic) bond motifs is 1. The van der Waals surface area contributed by atoms with Gasteiger partial charge in [0, 0.05) is 6.26 Å². The van der Waals surface area contributed by atoms with Crippen molar-refractivity contribution in [3.63, 3.8) is 0 Å². The van der Waals surface area contributed by atoms with E-state index < -0.39 is 21.9 Å². The van der Waals surface area contributed by atoms with E-state index in [2.05, 4.69) is 4.98 Å². The number of benzene rings is 2. The molecule has 130 valence electrons. The van der Waals surface area contributed by atoms with Crippen LogP contribution in [0.5, 0.6) is 0 Å². The number of esters is 1. The van der Waals surface area contributed by atoms with Crippen LogP contribution in [0.2, 0.25) is 0 Å². The standard InChI is InChI=1S/C18H17NO4S2/c1-11-8-9-13(25(3,21)22)10-14(11)18(20)23-12(2)17-19-15-6-4-5-7-16(15)24-17/h4-10,12H,1-3H3. The molecule has 0 radical (unpaired) electrons. The molecule has 0 saturated carbocycles. The predicted molar refractivity (Wildman–Crippen MR) is 97.7 cm³/mol. The molecule has 0 fully saturated rings. The third-order valence-corrected chi connectivity index (χ3v) is 6.11. The molecule has 25 heavy (non-hydrogen) atoms. The van der Waals surface area contributed by atoms with Crippen LogP contribution in [0.1, 0.15) is 34.0 Å². The van der Waals surface area contributed by atoms with E-state index in [1.807, 2.05) is 24.3 Å². The lowest BCUT2D eigenvalue weighted by molar-refractivity contribution is 0.0336. The van der Waals surface area contributed by atoms with Gasteiger partial charge in [0.15, 0.2) is 15.9 Å². The quantitative estimate of drug-likeness (QED) is 0.646. The molecule has 0 aliphatic carbocycles.